The van der Waals surface area contributed by atoms with E-state index >= 15 is 0 Å². The molecular formula is C20H21FN4O2. The summed E-state index contributed by atoms with van der Waals surface area (Å²) < 4.78 is 19.5. The normalized spacial score (nSPS) is 14.6. The zero-order valence-corrected chi connectivity index (χ0v) is 15.1. The van der Waals surface area contributed by atoms with Gasteiger partial charge in [-0.25, -0.2) is 9.18 Å². The summed E-state index contributed by atoms with van der Waals surface area (Å²) in [6, 6.07) is 9.38. The van der Waals surface area contributed by atoms with Gasteiger partial charge in [-0.05, 0) is 30.7 Å². The van der Waals surface area contributed by atoms with Crippen molar-refractivity contribution in [3.05, 3.63) is 59.9 Å². The number of carbonyl (C=O) groups is 1. The van der Waals surface area contributed by atoms with Gasteiger partial charge in [0.2, 0.25) is 0 Å². The Labute approximate surface area is 156 Å². The van der Waals surface area contributed by atoms with Crippen LogP contribution >= 0.6 is 0 Å². The fourth-order valence-corrected chi connectivity index (χ4v) is 3.46. The molecule has 1 fully saturated rings. The van der Waals surface area contributed by atoms with Gasteiger partial charge in [-0.1, -0.05) is 12.1 Å². The van der Waals surface area contributed by atoms with E-state index in [2.05, 4.69) is 10.3 Å². The molecule has 3 aromatic rings. The van der Waals surface area contributed by atoms with Crippen molar-refractivity contribution < 1.29 is 13.6 Å². The summed E-state index contributed by atoms with van der Waals surface area (Å²) in [4.78, 5) is 20.0. The van der Waals surface area contributed by atoms with Crippen molar-refractivity contribution in [3.63, 3.8) is 0 Å². The first-order valence-electron chi connectivity index (χ1n) is 8.97. The number of urea groups is 1. The van der Waals surface area contributed by atoms with Gasteiger partial charge in [0.15, 0.2) is 5.82 Å². The lowest BCUT2D eigenvalue weighted by Crippen LogP contribution is -2.51. The van der Waals surface area contributed by atoms with Crippen molar-refractivity contribution in [1.82, 2.24) is 15.2 Å². The summed E-state index contributed by atoms with van der Waals surface area (Å²) in [6.45, 7) is 4.61. The molecule has 0 spiro atoms. The Balaban J connectivity index is 1.35. The molecule has 1 aromatic carbocycles. The Morgan fingerprint density at radius 1 is 1.26 bits per heavy atom. The highest BCUT2D eigenvalue weighted by Crippen LogP contribution is 2.23. The molecule has 2 aromatic heterocycles. The van der Waals surface area contributed by atoms with Gasteiger partial charge < -0.3 is 19.5 Å². The molecule has 140 valence electrons. The average molecular weight is 368 g/mol. The largest absolute Gasteiger partial charge is 0.461 e. The van der Waals surface area contributed by atoms with Gasteiger partial charge in [0, 0.05) is 44.3 Å². The first-order chi connectivity index (χ1) is 13.1. The Hall–Kier alpha value is -3.09. The maximum Gasteiger partial charge on any atom is 0.317 e. The Morgan fingerprint density at radius 2 is 2.07 bits per heavy atom. The number of benzene rings is 1. The number of fused-ring (bicyclic) bond motifs is 1. The highest BCUT2D eigenvalue weighted by Gasteiger charge is 2.22. The summed E-state index contributed by atoms with van der Waals surface area (Å²) in [5.74, 6) is 0.516. The summed E-state index contributed by atoms with van der Waals surface area (Å²) in [5.41, 5.74) is 2.38. The lowest BCUT2D eigenvalue weighted by Gasteiger charge is -2.36. The van der Waals surface area contributed by atoms with Crippen molar-refractivity contribution in [1.29, 1.82) is 0 Å². The van der Waals surface area contributed by atoms with E-state index in [-0.39, 0.29) is 11.8 Å². The number of aromatic nitrogens is 1. The summed E-state index contributed by atoms with van der Waals surface area (Å²) >= 11 is 0. The number of piperazine rings is 1. The van der Waals surface area contributed by atoms with E-state index < -0.39 is 0 Å². The number of aryl methyl sites for hydroxylation is 1. The number of carbonyl (C=O) groups excluding carboxylic acids is 1. The van der Waals surface area contributed by atoms with E-state index in [9.17, 15) is 9.18 Å². The van der Waals surface area contributed by atoms with Gasteiger partial charge in [-0.3, -0.25) is 4.98 Å². The van der Waals surface area contributed by atoms with E-state index in [1.165, 1.54) is 6.20 Å². The van der Waals surface area contributed by atoms with Crippen LogP contribution in [-0.2, 0) is 6.54 Å². The minimum Gasteiger partial charge on any atom is -0.461 e. The van der Waals surface area contributed by atoms with Gasteiger partial charge in [0.05, 0.1) is 11.9 Å². The molecule has 1 N–H and O–H groups in total. The fourth-order valence-electron chi connectivity index (χ4n) is 3.46. The number of anilines is 1. The monoisotopic (exact) mass is 368 g/mol. The number of halogens is 1. The molecule has 2 amide bonds. The van der Waals surface area contributed by atoms with Crippen molar-refractivity contribution in [2.75, 3.05) is 31.1 Å². The zero-order valence-electron chi connectivity index (χ0n) is 15.1. The van der Waals surface area contributed by atoms with Crippen LogP contribution in [0.3, 0.4) is 0 Å². The van der Waals surface area contributed by atoms with Crippen LogP contribution in [0.2, 0.25) is 0 Å². The molecule has 4 rings (SSSR count). The van der Waals surface area contributed by atoms with Crippen LogP contribution < -0.4 is 10.2 Å². The van der Waals surface area contributed by atoms with E-state index in [4.69, 9.17) is 4.42 Å². The number of hydrogen-bond donors (Lipinski definition) is 1. The van der Waals surface area contributed by atoms with Gasteiger partial charge >= 0.3 is 6.03 Å². The molecule has 7 heteroatoms. The maximum absolute atomic E-state index is 13.9. The Bertz CT molecular complexity index is 964. The molecule has 27 heavy (non-hydrogen) atoms. The predicted octanol–water partition coefficient (Wildman–Crippen LogP) is 3.31. The van der Waals surface area contributed by atoms with Crippen LogP contribution in [-0.4, -0.2) is 42.1 Å². The molecule has 1 saturated heterocycles. The van der Waals surface area contributed by atoms with Gasteiger partial charge in [-0.2, -0.15) is 0 Å². The van der Waals surface area contributed by atoms with E-state index in [0.29, 0.717) is 38.4 Å². The molecule has 0 atom stereocenters. The summed E-state index contributed by atoms with van der Waals surface area (Å²) in [6.07, 6.45) is 2.79. The topological polar surface area (TPSA) is 61.6 Å². The van der Waals surface area contributed by atoms with Gasteiger partial charge in [0.25, 0.3) is 0 Å². The minimum atomic E-state index is -0.334. The van der Waals surface area contributed by atoms with Crippen molar-refractivity contribution >= 4 is 22.7 Å². The first kappa shape index (κ1) is 17.3. The quantitative estimate of drug-likeness (QED) is 0.771. The molecule has 0 aliphatic carbocycles. The second-order valence-corrected chi connectivity index (χ2v) is 6.65. The van der Waals surface area contributed by atoms with Crippen LogP contribution in [0.4, 0.5) is 14.9 Å². The second-order valence-electron chi connectivity index (χ2n) is 6.65. The summed E-state index contributed by atoms with van der Waals surface area (Å²) in [5, 5.41) is 4.00. The van der Waals surface area contributed by atoms with Crippen LogP contribution in [0.15, 0.2) is 47.1 Å². The fraction of sp³-hybridized carbons (Fsp3) is 0.300. The zero-order chi connectivity index (χ0) is 18.8. The van der Waals surface area contributed by atoms with Crippen LogP contribution in [0.1, 0.15) is 11.3 Å². The molecule has 0 saturated carbocycles. The number of pyridine rings is 1. The van der Waals surface area contributed by atoms with E-state index in [1.54, 1.807) is 17.2 Å². The van der Waals surface area contributed by atoms with Crippen molar-refractivity contribution in [2.24, 2.45) is 0 Å². The van der Waals surface area contributed by atoms with Gasteiger partial charge in [0.1, 0.15) is 11.3 Å². The predicted molar refractivity (Wildman–Crippen MR) is 101 cm³/mol. The molecule has 3 heterocycles. The first-order valence-corrected chi connectivity index (χ1v) is 8.97. The lowest BCUT2D eigenvalue weighted by molar-refractivity contribution is 0.194. The third kappa shape index (κ3) is 3.58. The maximum atomic E-state index is 13.9. The van der Waals surface area contributed by atoms with E-state index in [1.807, 2.05) is 36.1 Å². The molecule has 1 aliphatic rings. The van der Waals surface area contributed by atoms with Crippen LogP contribution in [0.25, 0.3) is 11.0 Å². The molecule has 0 radical (unpaired) electrons. The Morgan fingerprint density at radius 3 is 2.85 bits per heavy atom. The number of nitrogens with one attached hydrogen (secondary N) is 1. The van der Waals surface area contributed by atoms with E-state index in [0.717, 1.165) is 22.3 Å². The number of rotatable bonds is 3. The Kier molecular flexibility index (Phi) is 4.66. The number of amides is 2. The molecule has 0 bridgehead atoms. The van der Waals surface area contributed by atoms with Crippen molar-refractivity contribution in [2.45, 2.75) is 13.5 Å². The lowest BCUT2D eigenvalue weighted by atomic mass is 10.1. The number of hydrogen-bond acceptors (Lipinski definition) is 4. The SMILES string of the molecule is Cc1cc2c(CNC(=O)N3CCN(c4ccncc4F)CC3)cccc2o1. The molecule has 1 aliphatic heterocycles. The molecular weight excluding hydrogens is 347 g/mol. The minimum absolute atomic E-state index is 0.109. The van der Waals surface area contributed by atoms with Gasteiger partial charge in [-0.15, -0.1) is 0 Å². The highest BCUT2D eigenvalue weighted by atomic mass is 19.1. The third-order valence-corrected chi connectivity index (χ3v) is 4.86. The second kappa shape index (κ2) is 7.26. The van der Waals surface area contributed by atoms with Crippen molar-refractivity contribution in [3.8, 4) is 0 Å². The third-order valence-electron chi connectivity index (χ3n) is 4.86. The number of nitrogens with zero attached hydrogens (tertiary/aromatic N) is 3. The standard InChI is InChI=1S/C20H21FN4O2/c1-14-11-16-15(3-2-4-19(16)27-14)12-23-20(26)25-9-7-24(8-10-25)18-5-6-22-13-17(18)21/h2-6,11,13H,7-10,12H2,1H3,(H,23,26). The van der Waals surface area contributed by atoms with Crippen LogP contribution in [0.5, 0.6) is 0 Å². The van der Waals surface area contributed by atoms with Crippen LogP contribution in [0, 0.1) is 12.7 Å². The molecule has 0 unspecified atom stereocenters. The number of furan rings is 1. The summed E-state index contributed by atoms with van der Waals surface area (Å²) in [7, 11) is 0. The highest BCUT2D eigenvalue weighted by molar-refractivity contribution is 5.82. The smallest absolute Gasteiger partial charge is 0.317 e. The molecule has 6 nitrogen and oxygen atoms in total. The average Bonchev–Trinajstić information content (AvgIpc) is 3.07.